The van der Waals surface area contributed by atoms with Gasteiger partial charge in [0, 0.05) is 23.9 Å². The SMILES string of the molecule is Cc1ncsc1CN(C)C(=O)C1CCCC(N)C1. The zero-order chi connectivity index (χ0) is 13.1. The first kappa shape index (κ1) is 13.5. The van der Waals surface area contributed by atoms with Gasteiger partial charge in [0.1, 0.15) is 0 Å². The van der Waals surface area contributed by atoms with Crippen LogP contribution in [0.2, 0.25) is 0 Å². The molecule has 1 saturated carbocycles. The molecule has 0 aliphatic heterocycles. The van der Waals surface area contributed by atoms with E-state index < -0.39 is 0 Å². The number of hydrogen-bond acceptors (Lipinski definition) is 4. The lowest BCUT2D eigenvalue weighted by Crippen LogP contribution is -2.38. The van der Waals surface area contributed by atoms with Crippen molar-refractivity contribution in [1.82, 2.24) is 9.88 Å². The van der Waals surface area contributed by atoms with Gasteiger partial charge in [-0.1, -0.05) is 6.42 Å². The summed E-state index contributed by atoms with van der Waals surface area (Å²) in [5.41, 5.74) is 8.81. The lowest BCUT2D eigenvalue weighted by Gasteiger charge is -2.29. The number of nitrogens with zero attached hydrogens (tertiary/aromatic N) is 2. The molecule has 2 unspecified atom stereocenters. The number of nitrogens with two attached hydrogens (primary N) is 1. The minimum absolute atomic E-state index is 0.118. The Hall–Kier alpha value is -0.940. The van der Waals surface area contributed by atoms with Gasteiger partial charge in [-0.15, -0.1) is 11.3 Å². The molecule has 100 valence electrons. The third kappa shape index (κ3) is 3.09. The van der Waals surface area contributed by atoms with Crippen LogP contribution >= 0.6 is 11.3 Å². The van der Waals surface area contributed by atoms with E-state index in [1.165, 1.54) is 4.88 Å². The molecule has 0 saturated heterocycles. The first-order chi connectivity index (χ1) is 8.58. The molecule has 2 rings (SSSR count). The van der Waals surface area contributed by atoms with Crippen LogP contribution in [0.1, 0.15) is 36.3 Å². The minimum Gasteiger partial charge on any atom is -0.340 e. The number of rotatable bonds is 3. The minimum atomic E-state index is 0.118. The molecule has 0 spiro atoms. The van der Waals surface area contributed by atoms with E-state index in [1.54, 1.807) is 11.3 Å². The van der Waals surface area contributed by atoms with Crippen molar-refractivity contribution in [2.45, 2.75) is 45.2 Å². The van der Waals surface area contributed by atoms with Crippen molar-refractivity contribution in [3.8, 4) is 0 Å². The predicted molar refractivity (Wildman–Crippen MR) is 73.3 cm³/mol. The third-order valence-corrected chi connectivity index (χ3v) is 4.59. The molecule has 1 aromatic heterocycles. The number of thiazole rings is 1. The Labute approximate surface area is 112 Å². The Bertz CT molecular complexity index is 418. The molecule has 18 heavy (non-hydrogen) atoms. The summed E-state index contributed by atoms with van der Waals surface area (Å²) in [7, 11) is 1.88. The highest BCUT2D eigenvalue weighted by atomic mass is 32.1. The molecule has 2 atom stereocenters. The van der Waals surface area contributed by atoms with Crippen molar-refractivity contribution < 1.29 is 4.79 Å². The van der Waals surface area contributed by atoms with E-state index in [0.29, 0.717) is 6.54 Å². The van der Waals surface area contributed by atoms with Gasteiger partial charge in [-0.2, -0.15) is 0 Å². The van der Waals surface area contributed by atoms with E-state index in [1.807, 2.05) is 24.4 Å². The molecule has 1 aliphatic rings. The second kappa shape index (κ2) is 5.80. The number of aromatic nitrogens is 1. The summed E-state index contributed by atoms with van der Waals surface area (Å²) in [6.07, 6.45) is 3.95. The Morgan fingerprint density at radius 2 is 2.39 bits per heavy atom. The Morgan fingerprint density at radius 1 is 1.61 bits per heavy atom. The van der Waals surface area contributed by atoms with Crippen molar-refractivity contribution in [3.63, 3.8) is 0 Å². The highest BCUT2D eigenvalue weighted by Gasteiger charge is 2.27. The van der Waals surface area contributed by atoms with E-state index in [4.69, 9.17) is 5.73 Å². The van der Waals surface area contributed by atoms with Crippen molar-refractivity contribution in [1.29, 1.82) is 0 Å². The highest BCUT2D eigenvalue weighted by molar-refractivity contribution is 7.09. The lowest BCUT2D eigenvalue weighted by atomic mass is 9.85. The quantitative estimate of drug-likeness (QED) is 0.910. The first-order valence-electron chi connectivity index (χ1n) is 6.47. The van der Waals surface area contributed by atoms with E-state index in [-0.39, 0.29) is 17.9 Å². The Balaban J connectivity index is 1.94. The summed E-state index contributed by atoms with van der Waals surface area (Å²) in [6, 6.07) is 0.200. The van der Waals surface area contributed by atoms with Crippen molar-refractivity contribution in [2.24, 2.45) is 11.7 Å². The van der Waals surface area contributed by atoms with Gasteiger partial charge < -0.3 is 10.6 Å². The van der Waals surface area contributed by atoms with Crippen molar-refractivity contribution >= 4 is 17.2 Å². The molecule has 5 heteroatoms. The van der Waals surface area contributed by atoms with Crippen LogP contribution in [0.15, 0.2) is 5.51 Å². The average molecular weight is 267 g/mol. The van der Waals surface area contributed by atoms with Gasteiger partial charge in [0.15, 0.2) is 0 Å². The van der Waals surface area contributed by atoms with Crippen LogP contribution in [0.25, 0.3) is 0 Å². The van der Waals surface area contributed by atoms with E-state index in [2.05, 4.69) is 4.98 Å². The molecule has 0 aromatic carbocycles. The fourth-order valence-electron chi connectivity index (χ4n) is 2.53. The predicted octanol–water partition coefficient (Wildman–Crippen LogP) is 1.93. The van der Waals surface area contributed by atoms with Crippen LogP contribution in [0.3, 0.4) is 0 Å². The van der Waals surface area contributed by atoms with Gasteiger partial charge in [0.2, 0.25) is 5.91 Å². The maximum atomic E-state index is 12.3. The van der Waals surface area contributed by atoms with Crippen molar-refractivity contribution in [2.75, 3.05) is 7.05 Å². The number of hydrogen-bond donors (Lipinski definition) is 1. The summed E-state index contributed by atoms with van der Waals surface area (Å²) in [5, 5.41) is 0. The molecule has 1 amide bonds. The summed E-state index contributed by atoms with van der Waals surface area (Å²) in [6.45, 7) is 2.65. The molecule has 1 heterocycles. The Morgan fingerprint density at radius 3 is 3.00 bits per heavy atom. The molecule has 1 aromatic rings. The zero-order valence-corrected chi connectivity index (χ0v) is 11.9. The summed E-state index contributed by atoms with van der Waals surface area (Å²) in [4.78, 5) is 19.5. The third-order valence-electron chi connectivity index (χ3n) is 3.67. The summed E-state index contributed by atoms with van der Waals surface area (Å²) in [5.74, 6) is 0.352. The molecule has 0 bridgehead atoms. The van der Waals surface area contributed by atoms with Crippen LogP contribution in [-0.4, -0.2) is 28.9 Å². The standard InChI is InChI=1S/C13H21N3OS/c1-9-12(18-8-15-9)7-16(2)13(17)10-4-3-5-11(14)6-10/h8,10-11H,3-7,14H2,1-2H3. The van der Waals surface area contributed by atoms with Crippen molar-refractivity contribution in [3.05, 3.63) is 16.1 Å². The Kier molecular flexibility index (Phi) is 4.35. The van der Waals surface area contributed by atoms with Gasteiger partial charge in [-0.3, -0.25) is 4.79 Å². The van der Waals surface area contributed by atoms with Crippen LogP contribution in [0.4, 0.5) is 0 Å². The number of carbonyl (C=O) groups excluding carboxylic acids is 1. The first-order valence-corrected chi connectivity index (χ1v) is 7.35. The van der Waals surface area contributed by atoms with E-state index in [0.717, 1.165) is 31.4 Å². The fraction of sp³-hybridized carbons (Fsp3) is 0.692. The van der Waals surface area contributed by atoms with Gasteiger partial charge in [0.25, 0.3) is 0 Å². The van der Waals surface area contributed by atoms with Gasteiger partial charge in [-0.25, -0.2) is 4.98 Å². The molecule has 1 aliphatic carbocycles. The number of carbonyl (C=O) groups is 1. The molecule has 4 nitrogen and oxygen atoms in total. The van der Waals surface area contributed by atoms with Crippen LogP contribution in [-0.2, 0) is 11.3 Å². The molecule has 2 N–H and O–H groups in total. The number of aryl methyl sites for hydroxylation is 1. The molecule has 1 fully saturated rings. The second-order valence-electron chi connectivity index (χ2n) is 5.18. The summed E-state index contributed by atoms with van der Waals surface area (Å²) >= 11 is 1.61. The maximum Gasteiger partial charge on any atom is 0.225 e. The smallest absolute Gasteiger partial charge is 0.225 e. The van der Waals surface area contributed by atoms with Gasteiger partial charge in [0.05, 0.1) is 17.7 Å². The normalized spacial score (nSPS) is 23.9. The molecule has 0 radical (unpaired) electrons. The monoisotopic (exact) mass is 267 g/mol. The lowest BCUT2D eigenvalue weighted by molar-refractivity contribution is -0.135. The molecular formula is C13H21N3OS. The fourth-order valence-corrected chi connectivity index (χ4v) is 3.36. The van der Waals surface area contributed by atoms with Gasteiger partial charge >= 0.3 is 0 Å². The second-order valence-corrected chi connectivity index (χ2v) is 6.12. The van der Waals surface area contributed by atoms with Crippen LogP contribution < -0.4 is 5.73 Å². The average Bonchev–Trinajstić information content (AvgIpc) is 2.74. The zero-order valence-electron chi connectivity index (χ0n) is 11.1. The maximum absolute atomic E-state index is 12.3. The van der Waals surface area contributed by atoms with Crippen LogP contribution in [0.5, 0.6) is 0 Å². The number of amides is 1. The topological polar surface area (TPSA) is 59.2 Å². The van der Waals surface area contributed by atoms with E-state index in [9.17, 15) is 4.79 Å². The molecular weight excluding hydrogens is 246 g/mol. The largest absolute Gasteiger partial charge is 0.340 e. The highest BCUT2D eigenvalue weighted by Crippen LogP contribution is 2.25. The van der Waals surface area contributed by atoms with E-state index >= 15 is 0 Å². The van der Waals surface area contributed by atoms with Crippen LogP contribution in [0, 0.1) is 12.8 Å². The summed E-state index contributed by atoms with van der Waals surface area (Å²) < 4.78 is 0. The van der Waals surface area contributed by atoms with Gasteiger partial charge in [-0.05, 0) is 26.2 Å².